The molecule has 0 aromatic heterocycles. The van der Waals surface area contributed by atoms with Gasteiger partial charge in [-0.1, -0.05) is 12.1 Å². The molecule has 2 heterocycles. The van der Waals surface area contributed by atoms with Crippen LogP contribution in [-0.2, 0) is 9.53 Å². The summed E-state index contributed by atoms with van der Waals surface area (Å²) in [5, 5.41) is 13.9. The van der Waals surface area contributed by atoms with Gasteiger partial charge in [0.05, 0.1) is 28.7 Å². The van der Waals surface area contributed by atoms with Crippen LogP contribution < -0.4 is 14.8 Å². The first kappa shape index (κ1) is 25.9. The topological polar surface area (TPSA) is 137 Å². The highest BCUT2D eigenvalue weighted by Gasteiger charge is 2.37. The minimum atomic E-state index is -0.564. The molecule has 200 valence electrons. The Bertz CT molecular complexity index is 1460. The summed E-state index contributed by atoms with van der Waals surface area (Å²) in [5.74, 6) is -0.513. The second-order valence-corrected chi connectivity index (χ2v) is 9.26. The molecule has 1 unspecified atom stereocenters. The van der Waals surface area contributed by atoms with Crippen LogP contribution in [0.2, 0.25) is 0 Å². The van der Waals surface area contributed by atoms with Crippen LogP contribution in [0.1, 0.15) is 39.1 Å². The highest BCUT2D eigenvalue weighted by atomic mass is 16.6. The van der Waals surface area contributed by atoms with Gasteiger partial charge in [-0.05, 0) is 61.7 Å². The third-order valence-electron chi connectivity index (χ3n) is 6.38. The molecule has 1 fully saturated rings. The highest BCUT2D eigenvalue weighted by Crippen LogP contribution is 2.31. The molecule has 39 heavy (non-hydrogen) atoms. The lowest BCUT2D eigenvalue weighted by atomic mass is 10.1. The van der Waals surface area contributed by atoms with Gasteiger partial charge in [0.25, 0.3) is 17.7 Å². The predicted molar refractivity (Wildman–Crippen MR) is 139 cm³/mol. The Morgan fingerprint density at radius 2 is 1.87 bits per heavy atom. The van der Waals surface area contributed by atoms with Crippen LogP contribution in [0.4, 0.5) is 11.4 Å². The first-order chi connectivity index (χ1) is 18.8. The monoisotopic (exact) mass is 531 g/mol. The fraction of sp³-hybridized carbons (Fsp3) is 0.250. The van der Waals surface area contributed by atoms with E-state index >= 15 is 0 Å². The highest BCUT2D eigenvalue weighted by molar-refractivity contribution is 6.21. The molecule has 0 aliphatic carbocycles. The number of benzene rings is 3. The van der Waals surface area contributed by atoms with Crippen LogP contribution in [0, 0.1) is 17.0 Å². The molecule has 1 saturated heterocycles. The van der Waals surface area contributed by atoms with Gasteiger partial charge in [-0.25, -0.2) is 0 Å². The lowest BCUT2D eigenvalue weighted by Crippen LogP contribution is -2.36. The van der Waals surface area contributed by atoms with Gasteiger partial charge in [-0.3, -0.25) is 29.4 Å². The molecule has 0 spiro atoms. The molecule has 0 saturated carbocycles. The number of fused-ring (bicyclic) bond motifs is 1. The molecule has 5 rings (SSSR count). The van der Waals surface area contributed by atoms with Gasteiger partial charge in [0.1, 0.15) is 11.5 Å². The normalized spacial score (nSPS) is 16.2. The maximum atomic E-state index is 12.9. The number of ether oxygens (including phenoxy) is 3. The van der Waals surface area contributed by atoms with Crippen molar-refractivity contribution in [3.05, 3.63) is 87.5 Å². The van der Waals surface area contributed by atoms with Crippen molar-refractivity contribution in [2.24, 2.45) is 0 Å². The van der Waals surface area contributed by atoms with Gasteiger partial charge in [0, 0.05) is 24.4 Å². The van der Waals surface area contributed by atoms with E-state index in [2.05, 4.69) is 5.32 Å². The maximum Gasteiger partial charge on any atom is 0.311 e. The van der Waals surface area contributed by atoms with Gasteiger partial charge >= 0.3 is 5.69 Å². The molecule has 11 nitrogen and oxygen atoms in total. The number of nitro benzene ring substituents is 1. The summed E-state index contributed by atoms with van der Waals surface area (Å²) in [6.07, 6.45) is 1.58. The van der Waals surface area contributed by atoms with Crippen LogP contribution >= 0.6 is 0 Å². The van der Waals surface area contributed by atoms with Crippen molar-refractivity contribution in [3.8, 4) is 17.2 Å². The number of nitrogens with zero attached hydrogens (tertiary/aromatic N) is 2. The van der Waals surface area contributed by atoms with Crippen LogP contribution in [0.5, 0.6) is 17.2 Å². The summed E-state index contributed by atoms with van der Waals surface area (Å²) in [6, 6.07) is 15.7. The minimum absolute atomic E-state index is 0.00296. The second kappa shape index (κ2) is 10.9. The van der Waals surface area contributed by atoms with Crippen molar-refractivity contribution < 1.29 is 33.5 Å². The number of carbonyl (C=O) groups is 3. The van der Waals surface area contributed by atoms with Crippen molar-refractivity contribution in [3.63, 3.8) is 0 Å². The number of carbonyl (C=O) groups excluding carboxylic acids is 3. The third kappa shape index (κ3) is 5.73. The van der Waals surface area contributed by atoms with Crippen molar-refractivity contribution >= 4 is 29.1 Å². The van der Waals surface area contributed by atoms with E-state index in [1.807, 2.05) is 0 Å². The van der Waals surface area contributed by atoms with Gasteiger partial charge in [0.2, 0.25) is 0 Å². The van der Waals surface area contributed by atoms with Crippen molar-refractivity contribution in [1.82, 2.24) is 4.90 Å². The van der Waals surface area contributed by atoms with E-state index in [0.29, 0.717) is 34.9 Å². The van der Waals surface area contributed by atoms with E-state index in [9.17, 15) is 24.5 Å². The lowest BCUT2D eigenvalue weighted by Gasteiger charge is -2.17. The Hall–Kier alpha value is -4.77. The summed E-state index contributed by atoms with van der Waals surface area (Å²) in [6.45, 7) is 2.15. The first-order valence-corrected chi connectivity index (χ1v) is 12.4. The van der Waals surface area contributed by atoms with E-state index in [4.69, 9.17) is 14.2 Å². The zero-order valence-corrected chi connectivity index (χ0v) is 21.0. The van der Waals surface area contributed by atoms with Crippen LogP contribution in [0.15, 0.2) is 60.7 Å². The van der Waals surface area contributed by atoms with Gasteiger partial charge in [0.15, 0.2) is 12.4 Å². The summed E-state index contributed by atoms with van der Waals surface area (Å²) in [7, 11) is 0. The number of hydrogen-bond acceptors (Lipinski definition) is 8. The number of aryl methyl sites for hydroxylation is 1. The molecule has 3 aromatic carbocycles. The molecular formula is C28H25N3O8. The van der Waals surface area contributed by atoms with Crippen molar-refractivity contribution in [2.45, 2.75) is 25.9 Å². The fourth-order valence-corrected chi connectivity index (χ4v) is 4.50. The maximum absolute atomic E-state index is 12.9. The fourth-order valence-electron chi connectivity index (χ4n) is 4.50. The molecule has 3 amide bonds. The zero-order valence-electron chi connectivity index (χ0n) is 21.0. The Morgan fingerprint density at radius 1 is 1.08 bits per heavy atom. The SMILES string of the molecule is Cc1ccc(OCC(=O)Nc2cccc(Oc3ccc4c(c3)C(=O)N(CC3CCCO3)C4=O)c2)c([N+](=O)[O-])c1. The Balaban J connectivity index is 1.22. The summed E-state index contributed by atoms with van der Waals surface area (Å²) in [5.41, 5.74) is 1.48. The average Bonchev–Trinajstić information content (AvgIpc) is 3.51. The largest absolute Gasteiger partial charge is 0.477 e. The summed E-state index contributed by atoms with van der Waals surface area (Å²) < 4.78 is 16.8. The molecule has 11 heteroatoms. The Morgan fingerprint density at radius 3 is 2.64 bits per heavy atom. The average molecular weight is 532 g/mol. The molecular weight excluding hydrogens is 506 g/mol. The van der Waals surface area contributed by atoms with E-state index in [1.54, 1.807) is 49.4 Å². The van der Waals surface area contributed by atoms with E-state index in [0.717, 1.165) is 12.8 Å². The van der Waals surface area contributed by atoms with Crippen LogP contribution in [0.3, 0.4) is 0 Å². The predicted octanol–water partition coefficient (Wildman–Crippen LogP) is 4.49. The van der Waals surface area contributed by atoms with Gasteiger partial charge in [-0.2, -0.15) is 0 Å². The number of anilines is 1. The summed E-state index contributed by atoms with van der Waals surface area (Å²) >= 11 is 0. The van der Waals surface area contributed by atoms with Crippen molar-refractivity contribution in [1.29, 1.82) is 0 Å². The summed E-state index contributed by atoms with van der Waals surface area (Å²) in [4.78, 5) is 50.0. The van der Waals surface area contributed by atoms with Crippen LogP contribution in [0.25, 0.3) is 0 Å². The minimum Gasteiger partial charge on any atom is -0.477 e. The smallest absolute Gasteiger partial charge is 0.311 e. The molecule has 2 aliphatic rings. The second-order valence-electron chi connectivity index (χ2n) is 9.26. The zero-order chi connectivity index (χ0) is 27.5. The number of amides is 3. The number of nitro groups is 1. The number of hydrogen-bond donors (Lipinski definition) is 1. The third-order valence-corrected chi connectivity index (χ3v) is 6.38. The van der Waals surface area contributed by atoms with Gasteiger partial charge in [-0.15, -0.1) is 0 Å². The first-order valence-electron chi connectivity index (χ1n) is 12.4. The number of nitrogens with one attached hydrogen (secondary N) is 1. The molecule has 2 aliphatic heterocycles. The number of rotatable bonds is 9. The van der Waals surface area contributed by atoms with Gasteiger partial charge < -0.3 is 19.5 Å². The van der Waals surface area contributed by atoms with Crippen LogP contribution in [-0.4, -0.2) is 53.4 Å². The van der Waals surface area contributed by atoms with E-state index in [-0.39, 0.29) is 41.5 Å². The number of imide groups is 1. The quantitative estimate of drug-likeness (QED) is 0.242. The Labute approximate surface area is 223 Å². The van der Waals surface area contributed by atoms with E-state index in [1.165, 1.54) is 23.1 Å². The molecule has 0 radical (unpaired) electrons. The molecule has 3 aromatic rings. The van der Waals surface area contributed by atoms with Crippen molar-refractivity contribution in [2.75, 3.05) is 25.1 Å². The molecule has 0 bridgehead atoms. The Kier molecular flexibility index (Phi) is 7.24. The standard InChI is InChI=1S/C28H25N3O8/c1-17-7-10-25(24(12-17)31(35)36)38-16-26(32)29-18-4-2-5-19(13-18)39-20-8-9-22-23(14-20)28(34)30(27(22)33)15-21-6-3-11-37-21/h2,4-5,7-10,12-14,21H,3,6,11,15-16H2,1H3,(H,29,32). The lowest BCUT2D eigenvalue weighted by molar-refractivity contribution is -0.385. The molecule has 1 N–H and O–H groups in total. The molecule has 1 atom stereocenters. The van der Waals surface area contributed by atoms with E-state index < -0.39 is 17.4 Å².